The molecule has 100 valence electrons. The highest BCUT2D eigenvalue weighted by Crippen LogP contribution is 2.33. The Hall–Kier alpha value is -1.12. The summed E-state index contributed by atoms with van der Waals surface area (Å²) in [6, 6.07) is 1.89. The molecule has 0 aromatic rings. The lowest BCUT2D eigenvalue weighted by Gasteiger charge is -2.37. The summed E-state index contributed by atoms with van der Waals surface area (Å²) in [4.78, 5) is 13.9. The van der Waals surface area contributed by atoms with Gasteiger partial charge in [0.25, 0.3) is 0 Å². The highest BCUT2D eigenvalue weighted by molar-refractivity contribution is 5.77. The van der Waals surface area contributed by atoms with E-state index >= 15 is 0 Å². The van der Waals surface area contributed by atoms with E-state index in [-0.39, 0.29) is 11.9 Å². The first-order valence-electron chi connectivity index (χ1n) is 6.76. The van der Waals surface area contributed by atoms with Gasteiger partial charge in [-0.2, -0.15) is 5.26 Å². The number of nitrogens with one attached hydrogen (secondary N) is 1. The molecule has 1 saturated heterocycles. The number of hydrogen-bond acceptors (Lipinski definition) is 4. The van der Waals surface area contributed by atoms with Gasteiger partial charge in [0.2, 0.25) is 5.91 Å². The van der Waals surface area contributed by atoms with Crippen molar-refractivity contribution in [3.8, 4) is 6.07 Å². The second kappa shape index (κ2) is 6.17. The Kier molecular flexibility index (Phi) is 4.56. The fourth-order valence-corrected chi connectivity index (χ4v) is 2.70. The summed E-state index contributed by atoms with van der Waals surface area (Å²) in [7, 11) is 0. The van der Waals surface area contributed by atoms with E-state index in [0.29, 0.717) is 31.5 Å². The highest BCUT2D eigenvalue weighted by atomic mass is 16.5. The first-order valence-corrected chi connectivity index (χ1v) is 6.76. The Bertz CT molecular complexity index is 334. The van der Waals surface area contributed by atoms with Gasteiger partial charge in [-0.25, -0.2) is 0 Å². The van der Waals surface area contributed by atoms with E-state index in [9.17, 15) is 4.79 Å². The number of amides is 1. The van der Waals surface area contributed by atoms with Crippen molar-refractivity contribution in [3.05, 3.63) is 0 Å². The van der Waals surface area contributed by atoms with Crippen molar-refractivity contribution in [2.75, 3.05) is 26.2 Å². The van der Waals surface area contributed by atoms with Gasteiger partial charge in [0.15, 0.2) is 0 Å². The Morgan fingerprint density at radius 2 is 2.33 bits per heavy atom. The second-order valence-corrected chi connectivity index (χ2v) is 5.06. The van der Waals surface area contributed by atoms with E-state index < -0.39 is 0 Å². The Balaban J connectivity index is 1.76. The molecule has 1 N–H and O–H groups in total. The van der Waals surface area contributed by atoms with Gasteiger partial charge in [-0.1, -0.05) is 0 Å². The number of hydrogen-bond donors (Lipinski definition) is 1. The van der Waals surface area contributed by atoms with Crippen LogP contribution in [-0.2, 0) is 9.53 Å². The van der Waals surface area contributed by atoms with Gasteiger partial charge in [0, 0.05) is 32.7 Å². The zero-order valence-electron chi connectivity index (χ0n) is 10.9. The summed E-state index contributed by atoms with van der Waals surface area (Å²) in [6.07, 6.45) is 2.90. The lowest BCUT2D eigenvalue weighted by atomic mass is 9.79. The van der Waals surface area contributed by atoms with Gasteiger partial charge >= 0.3 is 0 Å². The lowest BCUT2D eigenvalue weighted by molar-refractivity contribution is -0.136. The van der Waals surface area contributed by atoms with Crippen molar-refractivity contribution >= 4 is 5.91 Å². The van der Waals surface area contributed by atoms with Crippen LogP contribution >= 0.6 is 0 Å². The van der Waals surface area contributed by atoms with Crippen molar-refractivity contribution < 1.29 is 9.53 Å². The molecule has 2 rings (SSSR count). The Labute approximate surface area is 108 Å². The van der Waals surface area contributed by atoms with E-state index in [1.807, 2.05) is 6.92 Å². The summed E-state index contributed by atoms with van der Waals surface area (Å²) < 4.78 is 5.49. The molecule has 0 radical (unpaired) electrons. The SMILES string of the molecule is CCOC1CC(CC(=O)N2CCNCC2C#N)C1. The third-order valence-electron chi connectivity index (χ3n) is 3.77. The summed E-state index contributed by atoms with van der Waals surface area (Å²) in [5.41, 5.74) is 0. The summed E-state index contributed by atoms with van der Waals surface area (Å²) >= 11 is 0. The normalized spacial score (nSPS) is 31.6. The number of rotatable bonds is 4. The van der Waals surface area contributed by atoms with E-state index in [1.165, 1.54) is 0 Å². The van der Waals surface area contributed by atoms with Gasteiger partial charge in [-0.05, 0) is 25.7 Å². The monoisotopic (exact) mass is 251 g/mol. The van der Waals surface area contributed by atoms with Gasteiger partial charge in [0.1, 0.15) is 6.04 Å². The summed E-state index contributed by atoms with van der Waals surface area (Å²) in [5, 5.41) is 12.2. The smallest absolute Gasteiger partial charge is 0.224 e. The van der Waals surface area contributed by atoms with Crippen molar-refractivity contribution in [3.63, 3.8) is 0 Å². The minimum atomic E-state index is -0.297. The van der Waals surface area contributed by atoms with Crippen molar-refractivity contribution in [1.82, 2.24) is 10.2 Å². The number of ether oxygens (including phenoxy) is 1. The zero-order chi connectivity index (χ0) is 13.0. The van der Waals surface area contributed by atoms with Crippen LogP contribution in [0.3, 0.4) is 0 Å². The van der Waals surface area contributed by atoms with E-state index in [2.05, 4.69) is 11.4 Å². The van der Waals surface area contributed by atoms with Crippen molar-refractivity contribution in [1.29, 1.82) is 5.26 Å². The molecule has 18 heavy (non-hydrogen) atoms. The molecule has 0 aromatic carbocycles. The van der Waals surface area contributed by atoms with Crippen molar-refractivity contribution in [2.24, 2.45) is 5.92 Å². The average Bonchev–Trinajstić information content (AvgIpc) is 2.36. The molecule has 1 unspecified atom stereocenters. The maximum Gasteiger partial charge on any atom is 0.224 e. The minimum Gasteiger partial charge on any atom is -0.378 e. The second-order valence-electron chi connectivity index (χ2n) is 5.06. The fourth-order valence-electron chi connectivity index (χ4n) is 2.70. The molecule has 1 aliphatic heterocycles. The summed E-state index contributed by atoms with van der Waals surface area (Å²) in [5.74, 6) is 0.575. The van der Waals surface area contributed by atoms with Gasteiger partial charge in [0.05, 0.1) is 12.2 Å². The molecule has 1 amide bonds. The number of nitrogens with zero attached hydrogens (tertiary/aromatic N) is 2. The summed E-state index contributed by atoms with van der Waals surface area (Å²) in [6.45, 7) is 4.78. The van der Waals surface area contributed by atoms with Gasteiger partial charge in [-0.3, -0.25) is 4.79 Å². The largest absolute Gasteiger partial charge is 0.378 e. The third kappa shape index (κ3) is 3.01. The van der Waals surface area contributed by atoms with Crippen molar-refractivity contribution in [2.45, 2.75) is 38.3 Å². The van der Waals surface area contributed by atoms with E-state index in [4.69, 9.17) is 10.00 Å². The minimum absolute atomic E-state index is 0.128. The predicted octanol–water partition coefficient (Wildman–Crippen LogP) is 0.516. The number of carbonyl (C=O) groups is 1. The molecule has 0 spiro atoms. The number of nitriles is 1. The molecule has 1 aliphatic carbocycles. The van der Waals surface area contributed by atoms with Gasteiger partial charge in [-0.15, -0.1) is 0 Å². The molecule has 5 nitrogen and oxygen atoms in total. The first-order chi connectivity index (χ1) is 8.74. The van der Waals surface area contributed by atoms with Gasteiger partial charge < -0.3 is 15.0 Å². The maximum atomic E-state index is 12.1. The molecule has 1 heterocycles. The zero-order valence-corrected chi connectivity index (χ0v) is 10.9. The van der Waals surface area contributed by atoms with Crippen LogP contribution in [0.4, 0.5) is 0 Å². The van der Waals surface area contributed by atoms with Crippen LogP contribution in [0, 0.1) is 17.2 Å². The van der Waals surface area contributed by atoms with Crippen LogP contribution in [-0.4, -0.2) is 49.2 Å². The van der Waals surface area contributed by atoms with Crippen LogP contribution in [0.1, 0.15) is 26.2 Å². The average molecular weight is 251 g/mol. The topological polar surface area (TPSA) is 65.4 Å². The Morgan fingerprint density at radius 3 is 3.00 bits per heavy atom. The molecule has 5 heteroatoms. The van der Waals surface area contributed by atoms with Crippen LogP contribution in [0.15, 0.2) is 0 Å². The third-order valence-corrected chi connectivity index (χ3v) is 3.77. The Morgan fingerprint density at radius 1 is 1.56 bits per heavy atom. The van der Waals surface area contributed by atoms with Crippen LogP contribution in [0.2, 0.25) is 0 Å². The standard InChI is InChI=1S/C13H21N3O2/c1-2-18-12-5-10(6-12)7-13(17)16-4-3-15-9-11(16)8-14/h10-12,15H,2-7,9H2,1H3. The highest BCUT2D eigenvalue weighted by Gasteiger charge is 2.34. The lowest BCUT2D eigenvalue weighted by Crippen LogP contribution is -2.53. The molecular formula is C13H21N3O2. The molecular weight excluding hydrogens is 230 g/mol. The predicted molar refractivity (Wildman–Crippen MR) is 66.7 cm³/mol. The number of carbonyl (C=O) groups excluding carboxylic acids is 1. The van der Waals surface area contributed by atoms with E-state index in [1.54, 1.807) is 4.90 Å². The van der Waals surface area contributed by atoms with Crippen LogP contribution < -0.4 is 5.32 Å². The quantitative estimate of drug-likeness (QED) is 0.791. The van der Waals surface area contributed by atoms with E-state index in [0.717, 1.165) is 26.0 Å². The fraction of sp³-hybridized carbons (Fsp3) is 0.846. The molecule has 2 fully saturated rings. The molecule has 0 aromatic heterocycles. The maximum absolute atomic E-state index is 12.1. The van der Waals surface area contributed by atoms with Crippen LogP contribution in [0.5, 0.6) is 0 Å². The van der Waals surface area contributed by atoms with Crippen LogP contribution in [0.25, 0.3) is 0 Å². The molecule has 0 bridgehead atoms. The first kappa shape index (κ1) is 13.3. The molecule has 1 saturated carbocycles. The molecule has 1 atom stereocenters. The number of piperazine rings is 1. The molecule has 2 aliphatic rings.